The molecule has 10 heteroatoms. The summed E-state index contributed by atoms with van der Waals surface area (Å²) in [6.45, 7) is 3.63. The summed E-state index contributed by atoms with van der Waals surface area (Å²) in [5, 5.41) is 0. The molecule has 0 saturated heterocycles. The lowest BCUT2D eigenvalue weighted by Crippen LogP contribution is -2.29. The van der Waals surface area contributed by atoms with Crippen molar-refractivity contribution in [1.29, 1.82) is 0 Å². The number of esters is 2. The number of hydrogen-bond acceptors (Lipinski definition) is 8. The third-order valence-electron chi connectivity index (χ3n) is 14.8. The van der Waals surface area contributed by atoms with Crippen molar-refractivity contribution in [3.63, 3.8) is 0 Å². The Morgan fingerprint density at radius 2 is 0.647 bits per heavy atom. The van der Waals surface area contributed by atoms with Crippen molar-refractivity contribution in [2.45, 2.75) is 315 Å². The molecule has 0 spiro atoms. The van der Waals surface area contributed by atoms with E-state index in [0.29, 0.717) is 6.42 Å². The molecule has 0 fully saturated rings. The van der Waals surface area contributed by atoms with Crippen molar-refractivity contribution in [2.75, 3.05) is 26.4 Å². The number of allylic oxidation sites excluding steroid dienone is 20. The van der Waals surface area contributed by atoms with Crippen LogP contribution in [0.25, 0.3) is 0 Å². The van der Waals surface area contributed by atoms with Gasteiger partial charge in [0.2, 0.25) is 0 Å². The molecule has 2 unspecified atom stereocenters. The lowest BCUT2D eigenvalue weighted by Gasteiger charge is -2.19. The highest BCUT2D eigenvalue weighted by Crippen LogP contribution is 2.43. The maximum absolute atomic E-state index is 12.8. The molecule has 0 aromatic heterocycles. The number of ether oxygens (including phenoxy) is 2. The monoisotopic (exact) mass is 1200 g/mol. The van der Waals surface area contributed by atoms with Gasteiger partial charge in [-0.1, -0.05) is 309 Å². The molecule has 0 amide bonds. The van der Waals surface area contributed by atoms with E-state index in [2.05, 4.69) is 135 Å². The van der Waals surface area contributed by atoms with Crippen molar-refractivity contribution >= 4 is 19.8 Å². The van der Waals surface area contributed by atoms with Crippen LogP contribution in [0.2, 0.25) is 0 Å². The summed E-state index contributed by atoms with van der Waals surface area (Å²) in [4.78, 5) is 35.3. The SMILES string of the molecule is CC/C=C\C/C=C\C/C=C\C/C=C\C/C=C\C/C=C\C/C=C\CCCCCCCCCCCCCCCCCCCCCC(=O)OC(COC(=O)CCCCCCCCCC/C=C\C/C=C\C/C=C\CCCCCCC)COP(=O)(O)OCCN. The van der Waals surface area contributed by atoms with Crippen LogP contribution in [0, 0.1) is 0 Å². The molecule has 85 heavy (non-hydrogen) atoms. The molecule has 0 bridgehead atoms. The topological polar surface area (TPSA) is 134 Å². The predicted molar refractivity (Wildman–Crippen MR) is 367 cm³/mol. The Morgan fingerprint density at radius 3 is 0.965 bits per heavy atom. The minimum absolute atomic E-state index is 0.0491. The maximum Gasteiger partial charge on any atom is 0.472 e. The highest BCUT2D eigenvalue weighted by molar-refractivity contribution is 7.47. The van der Waals surface area contributed by atoms with Crippen LogP contribution in [0.3, 0.4) is 0 Å². The predicted octanol–water partition coefficient (Wildman–Crippen LogP) is 23.1. The van der Waals surface area contributed by atoms with Crippen molar-refractivity contribution in [2.24, 2.45) is 5.73 Å². The van der Waals surface area contributed by atoms with Gasteiger partial charge < -0.3 is 20.1 Å². The van der Waals surface area contributed by atoms with Gasteiger partial charge in [0, 0.05) is 19.4 Å². The number of nitrogens with two attached hydrogens (primary N) is 1. The fourth-order valence-corrected chi connectivity index (χ4v) is 10.5. The second kappa shape index (κ2) is 69.5. The average Bonchev–Trinajstić information content (AvgIpc) is 3.52. The first-order valence-corrected chi connectivity index (χ1v) is 36.5. The highest BCUT2D eigenvalue weighted by atomic mass is 31.2. The Balaban J connectivity index is 3.86. The zero-order valence-electron chi connectivity index (χ0n) is 54.8. The first-order valence-electron chi connectivity index (χ1n) is 35.0. The second-order valence-electron chi connectivity index (χ2n) is 23.0. The van der Waals surface area contributed by atoms with E-state index in [1.807, 2.05) is 0 Å². The van der Waals surface area contributed by atoms with Crippen LogP contribution in [0.5, 0.6) is 0 Å². The van der Waals surface area contributed by atoms with E-state index in [9.17, 15) is 19.0 Å². The van der Waals surface area contributed by atoms with Gasteiger partial charge in [-0.15, -0.1) is 0 Å². The molecule has 2 atom stereocenters. The van der Waals surface area contributed by atoms with E-state index < -0.39 is 26.5 Å². The van der Waals surface area contributed by atoms with Crippen LogP contribution in [0.1, 0.15) is 309 Å². The third-order valence-corrected chi connectivity index (χ3v) is 15.8. The Kier molecular flexibility index (Phi) is 66.6. The third kappa shape index (κ3) is 69.4. The number of carbonyl (C=O) groups is 2. The van der Waals surface area contributed by atoms with Gasteiger partial charge >= 0.3 is 19.8 Å². The number of phosphoric acid groups is 1. The molecule has 0 aliphatic heterocycles. The average molecular weight is 1200 g/mol. The van der Waals surface area contributed by atoms with Crippen LogP contribution >= 0.6 is 7.82 Å². The molecule has 0 rings (SSSR count). The lowest BCUT2D eigenvalue weighted by molar-refractivity contribution is -0.161. The Labute approximate surface area is 523 Å². The number of hydrogen-bond donors (Lipinski definition) is 2. The first-order chi connectivity index (χ1) is 41.8. The summed E-state index contributed by atoms with van der Waals surface area (Å²) < 4.78 is 33.2. The van der Waals surface area contributed by atoms with Crippen LogP contribution < -0.4 is 5.73 Å². The zero-order valence-corrected chi connectivity index (χ0v) is 55.7. The number of phosphoric ester groups is 1. The molecule has 0 aliphatic carbocycles. The van der Waals surface area contributed by atoms with Gasteiger partial charge in [0.25, 0.3) is 0 Å². The van der Waals surface area contributed by atoms with Gasteiger partial charge in [-0.05, 0) is 109 Å². The molecule has 0 radical (unpaired) electrons. The molecule has 0 saturated carbocycles. The van der Waals surface area contributed by atoms with Crippen LogP contribution in [0.15, 0.2) is 122 Å². The first kappa shape index (κ1) is 81.4. The smallest absolute Gasteiger partial charge is 0.462 e. The Hall–Kier alpha value is -3.59. The van der Waals surface area contributed by atoms with E-state index in [0.717, 1.165) is 109 Å². The number of carbonyl (C=O) groups excluding carboxylic acids is 2. The quantitative estimate of drug-likeness (QED) is 0.0264. The van der Waals surface area contributed by atoms with Crippen molar-refractivity contribution < 1.29 is 37.6 Å². The van der Waals surface area contributed by atoms with E-state index in [1.165, 1.54) is 167 Å². The van der Waals surface area contributed by atoms with Crippen molar-refractivity contribution in [3.05, 3.63) is 122 Å². The van der Waals surface area contributed by atoms with E-state index >= 15 is 0 Å². The molecule has 9 nitrogen and oxygen atoms in total. The molecule has 0 aliphatic rings. The maximum atomic E-state index is 12.8. The summed E-state index contributed by atoms with van der Waals surface area (Å²) in [5.41, 5.74) is 5.40. The molecule has 3 N–H and O–H groups in total. The van der Waals surface area contributed by atoms with Crippen LogP contribution in [0.4, 0.5) is 0 Å². The van der Waals surface area contributed by atoms with Crippen molar-refractivity contribution in [1.82, 2.24) is 0 Å². The molecule has 0 aromatic rings. The van der Waals surface area contributed by atoms with Gasteiger partial charge in [0.15, 0.2) is 6.10 Å². The number of rotatable bonds is 65. The summed E-state index contributed by atoms with van der Waals surface area (Å²) >= 11 is 0. The highest BCUT2D eigenvalue weighted by Gasteiger charge is 2.26. The van der Waals surface area contributed by atoms with Crippen LogP contribution in [-0.4, -0.2) is 49.3 Å². The van der Waals surface area contributed by atoms with E-state index in [4.69, 9.17) is 24.3 Å². The van der Waals surface area contributed by atoms with Gasteiger partial charge in [-0.2, -0.15) is 0 Å². The van der Waals surface area contributed by atoms with Gasteiger partial charge in [-0.3, -0.25) is 18.6 Å². The molecule has 0 heterocycles. The normalized spacial score (nSPS) is 13.7. The fourth-order valence-electron chi connectivity index (χ4n) is 9.68. The molecule has 488 valence electrons. The van der Waals surface area contributed by atoms with Gasteiger partial charge in [0.05, 0.1) is 13.2 Å². The van der Waals surface area contributed by atoms with Gasteiger partial charge in [0.1, 0.15) is 6.61 Å². The standard InChI is InChI=1S/C75H130NO8P/c1-3-5-7-9-11-13-15-17-19-21-23-25-27-28-29-30-31-32-33-34-35-36-37-38-39-40-41-42-43-44-46-48-50-52-54-56-58-60-62-64-66-68-75(78)84-73(72-83-85(79,80)82-70-69-76)71-81-74(77)67-65-63-61-59-57-55-53-51-49-47-45-26-24-22-20-18-16-14-12-10-8-6-4-2/h5,7,11,13,16-19,22-25,28-29,31-32,34-35,45,47,73H,3-4,6,8-10,12,14-15,20-21,26-27,30,33,36-44,46,48-72,76H2,1-2H3,(H,79,80)/b7-5-,13-11-,18-16-,19-17-,24-22-,25-23-,29-28-,32-31-,35-34-,47-45-. The summed E-state index contributed by atoms with van der Waals surface area (Å²) in [6, 6.07) is 0. The minimum atomic E-state index is -4.40. The summed E-state index contributed by atoms with van der Waals surface area (Å²) in [7, 11) is -4.40. The lowest BCUT2D eigenvalue weighted by atomic mass is 10.0. The minimum Gasteiger partial charge on any atom is -0.462 e. The van der Waals surface area contributed by atoms with Crippen molar-refractivity contribution in [3.8, 4) is 0 Å². The van der Waals surface area contributed by atoms with E-state index in [-0.39, 0.29) is 38.6 Å². The summed E-state index contributed by atoms with van der Waals surface area (Å²) in [5.74, 6) is -0.830. The summed E-state index contributed by atoms with van der Waals surface area (Å²) in [6.07, 6.45) is 97.2. The molecular formula is C75H130NO8P. The van der Waals surface area contributed by atoms with Gasteiger partial charge in [-0.25, -0.2) is 4.57 Å². The van der Waals surface area contributed by atoms with Crippen LogP contribution in [-0.2, 0) is 32.7 Å². The fraction of sp³-hybridized carbons (Fsp3) is 0.707. The zero-order chi connectivity index (χ0) is 61.6. The van der Waals surface area contributed by atoms with E-state index in [1.54, 1.807) is 0 Å². The molecular weight excluding hydrogens is 1070 g/mol. The Morgan fingerprint density at radius 1 is 0.365 bits per heavy atom. The second-order valence-corrected chi connectivity index (χ2v) is 24.5. The molecule has 0 aromatic carbocycles. The Bertz CT molecular complexity index is 1810. The largest absolute Gasteiger partial charge is 0.472 e. The number of unbranched alkanes of at least 4 members (excludes halogenated alkanes) is 32.